The molecule has 232 valence electrons. The highest BCUT2D eigenvalue weighted by Crippen LogP contribution is 2.74. The summed E-state index contributed by atoms with van der Waals surface area (Å²) < 4.78 is 11.2. The Kier molecular flexibility index (Phi) is 7.10. The molecule has 0 radical (unpaired) electrons. The molecule has 0 aliphatic heterocycles. The Morgan fingerprint density at radius 3 is 2.29 bits per heavy atom. The molecule has 0 aromatic rings. The molecule has 0 heterocycles. The molecule has 0 aromatic carbocycles. The lowest BCUT2D eigenvalue weighted by molar-refractivity contribution is -0.197. The van der Waals surface area contributed by atoms with E-state index >= 15 is 0 Å². The van der Waals surface area contributed by atoms with Gasteiger partial charge in [-0.2, -0.15) is 5.10 Å². The first-order chi connectivity index (χ1) is 19.4. The number of nitrogens with two attached hydrogens (primary N) is 1. The summed E-state index contributed by atoms with van der Waals surface area (Å²) in [6.07, 6.45) is 11.8. The highest BCUT2D eigenvalue weighted by Gasteiger charge is 2.67. The van der Waals surface area contributed by atoms with Crippen LogP contribution in [0.4, 0.5) is 4.79 Å². The number of hydrogen-bond donors (Lipinski definition) is 2. The number of primary amides is 1. The number of carbonyl (C=O) groups excluding carboxylic acids is 3. The van der Waals surface area contributed by atoms with Crippen molar-refractivity contribution in [3.63, 3.8) is 0 Å². The molecule has 3 saturated carbocycles. The largest absolute Gasteiger partial charge is 0.469 e. The number of carbonyl (C=O) groups is 3. The van der Waals surface area contributed by atoms with Crippen LogP contribution in [0.25, 0.3) is 0 Å². The van der Waals surface area contributed by atoms with Gasteiger partial charge in [-0.05, 0) is 85.5 Å². The van der Waals surface area contributed by atoms with Crippen LogP contribution in [0.1, 0.15) is 107 Å². The summed E-state index contributed by atoms with van der Waals surface area (Å²) in [7, 11) is 1.44. The predicted molar refractivity (Wildman–Crippen MR) is 162 cm³/mol. The maximum Gasteiger partial charge on any atom is 0.332 e. The number of nitrogens with zero attached hydrogens (tertiary/aromatic N) is 1. The number of amides is 2. The Morgan fingerprint density at radius 2 is 1.67 bits per heavy atom. The summed E-state index contributed by atoms with van der Waals surface area (Å²) in [6.45, 7) is 17.7. The Bertz CT molecular complexity index is 1300. The minimum atomic E-state index is -0.790. The van der Waals surface area contributed by atoms with E-state index in [4.69, 9.17) is 15.2 Å². The maximum atomic E-state index is 13.2. The van der Waals surface area contributed by atoms with Crippen LogP contribution in [-0.2, 0) is 19.1 Å². The van der Waals surface area contributed by atoms with Crippen LogP contribution in [0.3, 0.4) is 0 Å². The fourth-order valence-electron chi connectivity index (χ4n) is 10.7. The number of allylic oxidation sites excluding steroid dienone is 4. The molecular formula is C34H51N3O5. The van der Waals surface area contributed by atoms with Crippen LogP contribution in [0.5, 0.6) is 0 Å². The number of fused-ring (bicyclic) bond motifs is 6. The zero-order valence-electron chi connectivity index (χ0n) is 27.1. The second kappa shape index (κ2) is 9.68. The van der Waals surface area contributed by atoms with Gasteiger partial charge in [0, 0.05) is 29.9 Å². The number of nitrogens with one attached hydrogen (secondary N) is 1. The average molecular weight is 582 g/mol. The van der Waals surface area contributed by atoms with Crippen molar-refractivity contribution in [3.8, 4) is 0 Å². The first-order valence-electron chi connectivity index (χ1n) is 15.7. The number of esters is 2. The monoisotopic (exact) mass is 581 g/mol. The van der Waals surface area contributed by atoms with Gasteiger partial charge in [0.15, 0.2) is 0 Å². The Balaban J connectivity index is 1.64. The van der Waals surface area contributed by atoms with Crippen LogP contribution in [0, 0.1) is 44.3 Å². The van der Waals surface area contributed by atoms with Gasteiger partial charge in [-0.25, -0.2) is 10.2 Å². The smallest absolute Gasteiger partial charge is 0.332 e. The number of ether oxygens (including phenoxy) is 2. The van der Waals surface area contributed by atoms with Gasteiger partial charge in [0.25, 0.3) is 0 Å². The number of hydrogen-bond acceptors (Lipinski definition) is 6. The Labute approximate surface area is 251 Å². The van der Waals surface area contributed by atoms with Crippen molar-refractivity contribution in [2.24, 2.45) is 55.2 Å². The number of rotatable bonds is 3. The van der Waals surface area contributed by atoms with Crippen molar-refractivity contribution in [3.05, 3.63) is 23.3 Å². The van der Waals surface area contributed by atoms with Gasteiger partial charge in [-0.1, -0.05) is 59.3 Å². The third-order valence-corrected chi connectivity index (χ3v) is 13.3. The molecule has 0 spiro atoms. The molecule has 42 heavy (non-hydrogen) atoms. The Hall–Kier alpha value is -2.64. The first kappa shape index (κ1) is 30.8. The van der Waals surface area contributed by atoms with E-state index < -0.39 is 11.4 Å². The predicted octanol–water partition coefficient (Wildman–Crippen LogP) is 6.45. The third-order valence-electron chi connectivity index (χ3n) is 13.3. The van der Waals surface area contributed by atoms with Crippen molar-refractivity contribution in [2.45, 2.75) is 113 Å². The van der Waals surface area contributed by atoms with E-state index in [2.05, 4.69) is 64.2 Å². The summed E-state index contributed by atoms with van der Waals surface area (Å²) in [6, 6.07) is -0.712. The van der Waals surface area contributed by atoms with Crippen molar-refractivity contribution >= 4 is 23.7 Å². The molecule has 5 rings (SSSR count). The van der Waals surface area contributed by atoms with E-state index in [0.29, 0.717) is 24.7 Å². The summed E-state index contributed by atoms with van der Waals surface area (Å²) in [5.41, 5.74) is 9.94. The maximum absolute atomic E-state index is 13.2. The summed E-state index contributed by atoms with van der Waals surface area (Å²) in [5, 5.41) is 4.51. The van der Waals surface area contributed by atoms with Gasteiger partial charge in [0.2, 0.25) is 0 Å². The number of hydrazone groups is 1. The van der Waals surface area contributed by atoms with E-state index in [-0.39, 0.29) is 45.1 Å². The van der Waals surface area contributed by atoms with Crippen molar-refractivity contribution in [2.75, 3.05) is 7.11 Å². The SMILES string of the molecule is COC(=O)[C@@]1(C)CC2=C3C=C[C@@H]4[C@@]5(C)CC[C@H](OC(C)=O)C(C)(C)[C@@H]5CC[C@@]4(C)[C@@]3(C)CC[C@]2(C)/C(=N/NC(N)=O)C1. The molecule has 0 unspecified atom stereocenters. The fraction of sp³-hybridized carbons (Fsp3) is 0.765. The van der Waals surface area contributed by atoms with Crippen LogP contribution in [0.15, 0.2) is 28.4 Å². The zero-order chi connectivity index (χ0) is 31.1. The normalized spacial score (nSPS) is 44.7. The highest BCUT2D eigenvalue weighted by molar-refractivity contribution is 5.99. The van der Waals surface area contributed by atoms with E-state index in [1.165, 1.54) is 25.2 Å². The molecule has 8 heteroatoms. The topological polar surface area (TPSA) is 120 Å². The third kappa shape index (κ3) is 4.13. The van der Waals surface area contributed by atoms with Gasteiger partial charge < -0.3 is 15.2 Å². The second-order valence-corrected chi connectivity index (χ2v) is 15.8. The first-order valence-corrected chi connectivity index (χ1v) is 15.7. The molecule has 8 nitrogen and oxygen atoms in total. The molecule has 3 N–H and O–H groups in total. The fourth-order valence-corrected chi connectivity index (χ4v) is 10.7. The minimum absolute atomic E-state index is 0.0168. The molecule has 0 bridgehead atoms. The van der Waals surface area contributed by atoms with Gasteiger partial charge >= 0.3 is 18.0 Å². The summed E-state index contributed by atoms with van der Waals surface area (Å²) >= 11 is 0. The molecule has 0 aromatic heterocycles. The molecule has 2 amide bonds. The minimum Gasteiger partial charge on any atom is -0.469 e. The number of methoxy groups -OCH3 is 1. The van der Waals surface area contributed by atoms with Crippen molar-refractivity contribution in [1.29, 1.82) is 0 Å². The van der Waals surface area contributed by atoms with Gasteiger partial charge in [-0.3, -0.25) is 9.59 Å². The quantitative estimate of drug-likeness (QED) is 0.293. The van der Waals surface area contributed by atoms with E-state index in [1.807, 2.05) is 6.92 Å². The Morgan fingerprint density at radius 1 is 0.976 bits per heavy atom. The molecule has 5 aliphatic rings. The lowest BCUT2D eigenvalue weighted by Crippen LogP contribution is -2.63. The van der Waals surface area contributed by atoms with Crippen LogP contribution in [0.2, 0.25) is 0 Å². The van der Waals surface area contributed by atoms with Gasteiger partial charge in [0.1, 0.15) is 6.10 Å². The molecule has 5 aliphatic carbocycles. The van der Waals surface area contributed by atoms with Gasteiger partial charge in [0.05, 0.1) is 12.5 Å². The highest BCUT2D eigenvalue weighted by atomic mass is 16.5. The van der Waals surface area contributed by atoms with E-state index in [1.54, 1.807) is 0 Å². The van der Waals surface area contributed by atoms with Crippen LogP contribution in [-0.4, -0.2) is 36.9 Å². The second-order valence-electron chi connectivity index (χ2n) is 15.8. The summed E-state index contributed by atoms with van der Waals surface area (Å²) in [4.78, 5) is 36.8. The number of urea groups is 1. The zero-order valence-corrected chi connectivity index (χ0v) is 27.1. The van der Waals surface area contributed by atoms with E-state index in [0.717, 1.165) is 44.2 Å². The average Bonchev–Trinajstić information content (AvgIpc) is 2.89. The summed E-state index contributed by atoms with van der Waals surface area (Å²) in [5.74, 6) is 0.360. The van der Waals surface area contributed by atoms with Crippen LogP contribution >= 0.6 is 0 Å². The van der Waals surface area contributed by atoms with Gasteiger partial charge in [-0.15, -0.1) is 0 Å². The molecule has 0 saturated heterocycles. The molecule has 3 fully saturated rings. The lowest BCUT2D eigenvalue weighted by Gasteiger charge is -2.69. The van der Waals surface area contributed by atoms with Crippen molar-refractivity contribution < 1.29 is 23.9 Å². The molecule has 8 atom stereocenters. The van der Waals surface area contributed by atoms with Crippen molar-refractivity contribution in [1.82, 2.24) is 5.43 Å². The van der Waals surface area contributed by atoms with Crippen LogP contribution < -0.4 is 11.2 Å². The standard InChI is InChI=1S/C34H51N3O5/c1-20(38)42-26-13-14-32(6)23(29(26,2)3)12-15-34(8)24(32)11-10-21-22-18-30(4,27(39)41-9)19-25(36-37-28(35)40)31(22,5)16-17-33(21,34)7/h10-11,23-24,26H,12-19H2,1-9H3,(H3,35,37,40)/b36-25+/t23-,24+,26-,30-,31-,32-,33-,34+/m0/s1. The lowest BCUT2D eigenvalue weighted by atomic mass is 9.35. The van der Waals surface area contributed by atoms with E-state index in [9.17, 15) is 14.4 Å². The molecular weight excluding hydrogens is 530 g/mol.